The highest BCUT2D eigenvalue weighted by Crippen LogP contribution is 2.38. The van der Waals surface area contributed by atoms with Gasteiger partial charge >= 0.3 is 0 Å². The predicted octanol–water partition coefficient (Wildman–Crippen LogP) is 6.12. The van der Waals surface area contributed by atoms with E-state index in [0.717, 1.165) is 33.8 Å². The van der Waals surface area contributed by atoms with Gasteiger partial charge in [-0.1, -0.05) is 19.3 Å². The highest BCUT2D eigenvalue weighted by atomic mass is 79.9. The van der Waals surface area contributed by atoms with Crippen molar-refractivity contribution in [3.8, 4) is 17.2 Å². The molecule has 1 aliphatic carbocycles. The molecule has 0 radical (unpaired) electrons. The molecule has 0 atom stereocenters. The van der Waals surface area contributed by atoms with E-state index in [9.17, 15) is 5.11 Å². The molecular formula is C22H28BrNO3. The average Bonchev–Trinajstić information content (AvgIpc) is 2.68. The lowest BCUT2D eigenvalue weighted by atomic mass is 9.90. The second-order valence-corrected chi connectivity index (χ2v) is 7.91. The zero-order valence-electron chi connectivity index (χ0n) is 15.8. The van der Waals surface area contributed by atoms with Crippen LogP contribution in [0.4, 0.5) is 5.69 Å². The summed E-state index contributed by atoms with van der Waals surface area (Å²) in [7, 11) is 0. The molecular weight excluding hydrogens is 406 g/mol. The molecule has 0 amide bonds. The van der Waals surface area contributed by atoms with E-state index in [1.165, 1.54) is 32.1 Å². The SMILES string of the molecule is CCOc1cc(CNc2ccc(O)cc2)cc(Br)c1OCC1CCCCC1. The number of phenolic OH excluding ortho intramolecular Hbond substituents is 1. The molecule has 1 fully saturated rings. The monoisotopic (exact) mass is 433 g/mol. The van der Waals surface area contributed by atoms with E-state index in [-0.39, 0.29) is 5.75 Å². The van der Waals surface area contributed by atoms with Crippen LogP contribution in [-0.2, 0) is 6.54 Å². The van der Waals surface area contributed by atoms with Crippen molar-refractivity contribution in [2.45, 2.75) is 45.6 Å². The maximum Gasteiger partial charge on any atom is 0.175 e. The molecule has 146 valence electrons. The Bertz CT molecular complexity index is 727. The van der Waals surface area contributed by atoms with Crippen LogP contribution in [0.5, 0.6) is 17.2 Å². The Morgan fingerprint density at radius 2 is 1.81 bits per heavy atom. The quantitative estimate of drug-likeness (QED) is 0.491. The Balaban J connectivity index is 1.67. The second kappa shape index (κ2) is 9.88. The van der Waals surface area contributed by atoms with E-state index in [2.05, 4.69) is 27.3 Å². The first-order chi connectivity index (χ1) is 13.2. The minimum Gasteiger partial charge on any atom is -0.508 e. The number of phenols is 1. The lowest BCUT2D eigenvalue weighted by Crippen LogP contribution is -2.16. The van der Waals surface area contributed by atoms with Crippen LogP contribution in [0.2, 0.25) is 0 Å². The van der Waals surface area contributed by atoms with Gasteiger partial charge in [0.25, 0.3) is 0 Å². The van der Waals surface area contributed by atoms with Crippen LogP contribution < -0.4 is 14.8 Å². The van der Waals surface area contributed by atoms with Gasteiger partial charge in [0.1, 0.15) is 5.75 Å². The van der Waals surface area contributed by atoms with Crippen LogP contribution in [0.15, 0.2) is 40.9 Å². The van der Waals surface area contributed by atoms with Crippen molar-refractivity contribution in [3.05, 3.63) is 46.4 Å². The molecule has 0 aliphatic heterocycles. The van der Waals surface area contributed by atoms with Crippen LogP contribution in [0.1, 0.15) is 44.6 Å². The molecule has 1 saturated carbocycles. The van der Waals surface area contributed by atoms with Gasteiger partial charge in [-0.05, 0) is 83.6 Å². The average molecular weight is 434 g/mol. The first-order valence-corrected chi connectivity index (χ1v) is 10.6. The van der Waals surface area contributed by atoms with Crippen LogP contribution >= 0.6 is 15.9 Å². The summed E-state index contributed by atoms with van der Waals surface area (Å²) in [5.41, 5.74) is 2.06. The lowest BCUT2D eigenvalue weighted by Gasteiger charge is -2.23. The molecule has 0 heterocycles. The molecule has 1 aliphatic rings. The number of aromatic hydroxyl groups is 1. The number of hydrogen-bond donors (Lipinski definition) is 2. The minimum absolute atomic E-state index is 0.265. The van der Waals surface area contributed by atoms with Gasteiger partial charge in [-0.2, -0.15) is 0 Å². The lowest BCUT2D eigenvalue weighted by molar-refractivity contribution is 0.198. The molecule has 0 unspecified atom stereocenters. The van der Waals surface area contributed by atoms with Gasteiger partial charge in [-0.25, -0.2) is 0 Å². The largest absolute Gasteiger partial charge is 0.508 e. The normalized spacial score (nSPS) is 14.7. The molecule has 2 aromatic carbocycles. The summed E-state index contributed by atoms with van der Waals surface area (Å²) in [5, 5.41) is 12.7. The number of halogens is 1. The number of ether oxygens (including phenoxy) is 2. The topological polar surface area (TPSA) is 50.7 Å². The van der Waals surface area contributed by atoms with Gasteiger partial charge in [0.2, 0.25) is 0 Å². The van der Waals surface area contributed by atoms with Crippen molar-refractivity contribution in [1.82, 2.24) is 0 Å². The van der Waals surface area contributed by atoms with E-state index in [1.807, 2.05) is 25.1 Å². The summed E-state index contributed by atoms with van der Waals surface area (Å²) in [6.45, 7) is 4.00. The van der Waals surface area contributed by atoms with Crippen LogP contribution in [0.3, 0.4) is 0 Å². The Kier molecular flexibility index (Phi) is 7.27. The summed E-state index contributed by atoms with van der Waals surface area (Å²) in [6, 6.07) is 11.2. The smallest absolute Gasteiger partial charge is 0.175 e. The van der Waals surface area contributed by atoms with Crippen molar-refractivity contribution < 1.29 is 14.6 Å². The first kappa shape index (κ1) is 19.9. The van der Waals surface area contributed by atoms with E-state index in [1.54, 1.807) is 12.1 Å². The maximum atomic E-state index is 9.38. The van der Waals surface area contributed by atoms with Crippen molar-refractivity contribution in [3.63, 3.8) is 0 Å². The number of benzene rings is 2. The zero-order valence-corrected chi connectivity index (χ0v) is 17.4. The molecule has 5 heteroatoms. The molecule has 0 bridgehead atoms. The molecule has 2 aromatic rings. The van der Waals surface area contributed by atoms with Gasteiger partial charge in [0.05, 0.1) is 17.7 Å². The van der Waals surface area contributed by atoms with E-state index < -0.39 is 0 Å². The number of rotatable bonds is 8. The molecule has 2 N–H and O–H groups in total. The second-order valence-electron chi connectivity index (χ2n) is 7.05. The third-order valence-corrected chi connectivity index (χ3v) is 5.51. The maximum absolute atomic E-state index is 9.38. The predicted molar refractivity (Wildman–Crippen MR) is 113 cm³/mol. The summed E-state index contributed by atoms with van der Waals surface area (Å²) in [4.78, 5) is 0. The summed E-state index contributed by atoms with van der Waals surface area (Å²) in [6.07, 6.45) is 6.50. The van der Waals surface area contributed by atoms with Crippen molar-refractivity contribution >= 4 is 21.6 Å². The highest BCUT2D eigenvalue weighted by Gasteiger charge is 2.17. The van der Waals surface area contributed by atoms with Gasteiger partial charge < -0.3 is 19.9 Å². The Morgan fingerprint density at radius 3 is 2.52 bits per heavy atom. The molecule has 4 nitrogen and oxygen atoms in total. The molecule has 0 spiro atoms. The van der Waals surface area contributed by atoms with E-state index >= 15 is 0 Å². The summed E-state index contributed by atoms with van der Waals surface area (Å²) >= 11 is 3.66. The van der Waals surface area contributed by atoms with Crippen molar-refractivity contribution in [2.24, 2.45) is 5.92 Å². The molecule has 3 rings (SSSR count). The Hall–Kier alpha value is -1.88. The highest BCUT2D eigenvalue weighted by molar-refractivity contribution is 9.10. The number of hydrogen-bond acceptors (Lipinski definition) is 4. The van der Waals surface area contributed by atoms with Gasteiger partial charge in [0, 0.05) is 12.2 Å². The standard InChI is InChI=1S/C22H28BrNO3/c1-2-26-21-13-17(14-24-18-8-10-19(25)11-9-18)12-20(23)22(21)27-15-16-6-4-3-5-7-16/h8-13,16,24-25H,2-7,14-15H2,1H3. The third-order valence-electron chi connectivity index (χ3n) is 4.92. The van der Waals surface area contributed by atoms with Crippen LogP contribution in [-0.4, -0.2) is 18.3 Å². The summed E-state index contributed by atoms with van der Waals surface area (Å²) in [5.74, 6) is 2.50. The third kappa shape index (κ3) is 5.80. The fourth-order valence-electron chi connectivity index (χ4n) is 3.46. The zero-order chi connectivity index (χ0) is 19.1. The number of anilines is 1. The van der Waals surface area contributed by atoms with E-state index in [4.69, 9.17) is 9.47 Å². The molecule has 27 heavy (non-hydrogen) atoms. The first-order valence-electron chi connectivity index (χ1n) is 9.76. The van der Waals surface area contributed by atoms with Gasteiger partial charge in [-0.15, -0.1) is 0 Å². The minimum atomic E-state index is 0.265. The summed E-state index contributed by atoms with van der Waals surface area (Å²) < 4.78 is 12.9. The molecule has 0 aromatic heterocycles. The van der Waals surface area contributed by atoms with Crippen molar-refractivity contribution in [2.75, 3.05) is 18.5 Å². The fraction of sp³-hybridized carbons (Fsp3) is 0.455. The number of nitrogens with one attached hydrogen (secondary N) is 1. The van der Waals surface area contributed by atoms with Crippen LogP contribution in [0.25, 0.3) is 0 Å². The van der Waals surface area contributed by atoms with E-state index in [0.29, 0.717) is 19.1 Å². The Morgan fingerprint density at radius 1 is 1.07 bits per heavy atom. The van der Waals surface area contributed by atoms with Gasteiger partial charge in [0.15, 0.2) is 11.5 Å². The van der Waals surface area contributed by atoms with Crippen LogP contribution in [0, 0.1) is 5.92 Å². The van der Waals surface area contributed by atoms with Gasteiger partial charge in [-0.3, -0.25) is 0 Å². The van der Waals surface area contributed by atoms with Crippen molar-refractivity contribution in [1.29, 1.82) is 0 Å². The Labute approximate surface area is 170 Å². The molecule has 0 saturated heterocycles. The fourth-order valence-corrected chi connectivity index (χ4v) is 4.07.